The minimum atomic E-state index is 0. The molecule has 25 heavy (non-hydrogen) atoms. The lowest BCUT2D eigenvalue weighted by atomic mass is 9.94. The van der Waals surface area contributed by atoms with E-state index in [0.29, 0.717) is 12.6 Å². The van der Waals surface area contributed by atoms with Gasteiger partial charge in [0.1, 0.15) is 0 Å². The molecule has 0 radical (unpaired) electrons. The molecule has 0 heterocycles. The van der Waals surface area contributed by atoms with Gasteiger partial charge in [-0.2, -0.15) is 0 Å². The Balaban J connectivity index is 0.00000312. The van der Waals surface area contributed by atoms with Crippen LogP contribution in [0.4, 0.5) is 0 Å². The average Bonchev–Trinajstić information content (AvgIpc) is 3.07. The summed E-state index contributed by atoms with van der Waals surface area (Å²) in [6, 6.07) is 11.0. The van der Waals surface area contributed by atoms with E-state index in [0.717, 1.165) is 19.0 Å². The number of ether oxygens (including phenoxy) is 1. The third kappa shape index (κ3) is 7.11. The molecule has 1 aromatic carbocycles. The number of methoxy groups -OCH3 is 1. The minimum absolute atomic E-state index is 0. The fourth-order valence-electron chi connectivity index (χ4n) is 3.45. The first kappa shape index (κ1) is 22.2. The number of hydrogen-bond acceptors (Lipinski definition) is 3. The molecule has 0 spiro atoms. The van der Waals surface area contributed by atoms with E-state index >= 15 is 0 Å². The van der Waals surface area contributed by atoms with Crippen LogP contribution in [0.5, 0.6) is 0 Å². The van der Waals surface area contributed by atoms with Gasteiger partial charge in [0.25, 0.3) is 0 Å². The molecule has 0 amide bonds. The van der Waals surface area contributed by atoms with Crippen molar-refractivity contribution >= 4 is 29.9 Å². The summed E-state index contributed by atoms with van der Waals surface area (Å²) in [5.41, 5.74) is 1.47. The van der Waals surface area contributed by atoms with E-state index in [1.54, 1.807) is 7.11 Å². The molecule has 1 aliphatic rings. The van der Waals surface area contributed by atoms with E-state index in [2.05, 4.69) is 58.2 Å². The van der Waals surface area contributed by atoms with Gasteiger partial charge in [0.15, 0.2) is 5.96 Å². The molecule has 3 N–H and O–H groups in total. The first-order valence-electron chi connectivity index (χ1n) is 8.95. The zero-order chi connectivity index (χ0) is 17.3. The summed E-state index contributed by atoms with van der Waals surface area (Å²) in [5.74, 6) is 0.840. The second-order valence-corrected chi connectivity index (χ2v) is 6.61. The van der Waals surface area contributed by atoms with Gasteiger partial charge in [0, 0.05) is 38.8 Å². The van der Waals surface area contributed by atoms with Crippen LogP contribution in [0.2, 0.25) is 0 Å². The van der Waals surface area contributed by atoms with Gasteiger partial charge in [0.2, 0.25) is 0 Å². The summed E-state index contributed by atoms with van der Waals surface area (Å²) in [6.45, 7) is 4.57. The van der Waals surface area contributed by atoms with E-state index in [4.69, 9.17) is 4.74 Å². The third-order valence-electron chi connectivity index (χ3n) is 4.80. The highest BCUT2D eigenvalue weighted by Gasteiger charge is 2.35. The van der Waals surface area contributed by atoms with E-state index < -0.39 is 0 Å². The average molecular weight is 460 g/mol. The first-order valence-corrected chi connectivity index (χ1v) is 8.95. The second kappa shape index (κ2) is 11.7. The van der Waals surface area contributed by atoms with Crippen molar-refractivity contribution in [2.24, 2.45) is 4.99 Å². The summed E-state index contributed by atoms with van der Waals surface area (Å²) >= 11 is 0. The van der Waals surface area contributed by atoms with Crippen LogP contribution >= 0.6 is 24.0 Å². The summed E-state index contributed by atoms with van der Waals surface area (Å²) in [6.07, 6.45) is 4.97. The number of nitrogens with zero attached hydrogens (tertiary/aromatic N) is 1. The molecule has 2 rings (SSSR count). The van der Waals surface area contributed by atoms with Crippen LogP contribution in [-0.2, 0) is 4.74 Å². The van der Waals surface area contributed by atoms with Crippen LogP contribution in [0.15, 0.2) is 35.3 Å². The second-order valence-electron chi connectivity index (χ2n) is 6.61. The number of halogens is 1. The lowest BCUT2D eigenvalue weighted by molar-refractivity contribution is 0.203. The predicted octanol–water partition coefficient (Wildman–Crippen LogP) is 3.08. The Bertz CT molecular complexity index is 503. The molecular formula is C19H33IN4O. The van der Waals surface area contributed by atoms with Crippen LogP contribution in [0.3, 0.4) is 0 Å². The number of hydrogen-bond donors (Lipinski definition) is 3. The van der Waals surface area contributed by atoms with E-state index in [1.165, 1.54) is 31.2 Å². The predicted molar refractivity (Wildman–Crippen MR) is 116 cm³/mol. The maximum atomic E-state index is 5.08. The van der Waals surface area contributed by atoms with Crippen LogP contribution in [0.1, 0.15) is 44.2 Å². The standard InChI is InChI=1S/C19H32N4O.HI/c1-16(17-9-5-4-6-10-17)23-19(11-7-8-12-19)15-22-18(20-2)21-13-14-24-3;/h4-6,9-10,16,23H,7-8,11-15H2,1-3H3,(H2,20,21,22);1H. The molecule has 1 saturated carbocycles. The summed E-state index contributed by atoms with van der Waals surface area (Å²) in [7, 11) is 3.52. The van der Waals surface area contributed by atoms with Crippen LogP contribution < -0.4 is 16.0 Å². The molecular weight excluding hydrogens is 427 g/mol. The molecule has 6 heteroatoms. The summed E-state index contributed by atoms with van der Waals surface area (Å²) in [4.78, 5) is 4.30. The van der Waals surface area contributed by atoms with Crippen molar-refractivity contribution in [1.29, 1.82) is 0 Å². The van der Waals surface area contributed by atoms with Gasteiger partial charge in [-0.1, -0.05) is 43.2 Å². The Hall–Kier alpha value is -0.860. The van der Waals surface area contributed by atoms with Crippen molar-refractivity contribution in [1.82, 2.24) is 16.0 Å². The monoisotopic (exact) mass is 460 g/mol. The molecule has 1 aliphatic carbocycles. The van der Waals surface area contributed by atoms with Gasteiger partial charge < -0.3 is 20.7 Å². The Labute approximate surface area is 169 Å². The maximum Gasteiger partial charge on any atom is 0.191 e. The van der Waals surface area contributed by atoms with Crippen molar-refractivity contribution in [2.75, 3.05) is 33.9 Å². The van der Waals surface area contributed by atoms with Crippen molar-refractivity contribution in [3.8, 4) is 0 Å². The first-order chi connectivity index (χ1) is 11.7. The van der Waals surface area contributed by atoms with Gasteiger partial charge in [-0.15, -0.1) is 24.0 Å². The van der Waals surface area contributed by atoms with E-state index in [9.17, 15) is 0 Å². The highest BCUT2D eigenvalue weighted by molar-refractivity contribution is 14.0. The van der Waals surface area contributed by atoms with E-state index in [1.807, 2.05) is 7.05 Å². The van der Waals surface area contributed by atoms with Crippen LogP contribution in [0.25, 0.3) is 0 Å². The Morgan fingerprint density at radius 2 is 1.88 bits per heavy atom. The Kier molecular flexibility index (Phi) is 10.4. The molecule has 142 valence electrons. The zero-order valence-electron chi connectivity index (χ0n) is 15.7. The number of benzene rings is 1. The minimum Gasteiger partial charge on any atom is -0.383 e. The molecule has 5 nitrogen and oxygen atoms in total. The summed E-state index contributed by atoms with van der Waals surface area (Å²) in [5, 5.41) is 10.7. The molecule has 1 fully saturated rings. The topological polar surface area (TPSA) is 57.7 Å². The van der Waals surface area contributed by atoms with Crippen molar-refractivity contribution in [3.05, 3.63) is 35.9 Å². The smallest absolute Gasteiger partial charge is 0.191 e. The van der Waals surface area contributed by atoms with Gasteiger partial charge in [0.05, 0.1) is 6.61 Å². The van der Waals surface area contributed by atoms with Crippen LogP contribution in [0, 0.1) is 0 Å². The number of nitrogens with one attached hydrogen (secondary N) is 3. The largest absolute Gasteiger partial charge is 0.383 e. The maximum absolute atomic E-state index is 5.08. The molecule has 1 atom stereocenters. The van der Waals surface area contributed by atoms with Gasteiger partial charge >= 0.3 is 0 Å². The summed E-state index contributed by atoms with van der Waals surface area (Å²) < 4.78 is 5.08. The van der Waals surface area contributed by atoms with Crippen molar-refractivity contribution in [2.45, 2.75) is 44.2 Å². The SMILES string of the molecule is CN=C(NCCOC)NCC1(NC(C)c2ccccc2)CCCC1.I. The third-order valence-corrected chi connectivity index (χ3v) is 4.80. The van der Waals surface area contributed by atoms with Crippen molar-refractivity contribution < 1.29 is 4.74 Å². The quantitative estimate of drug-likeness (QED) is 0.242. The Morgan fingerprint density at radius 3 is 2.48 bits per heavy atom. The normalized spacial score (nSPS) is 17.6. The molecule has 0 aromatic heterocycles. The van der Waals surface area contributed by atoms with Crippen molar-refractivity contribution in [3.63, 3.8) is 0 Å². The van der Waals surface area contributed by atoms with Gasteiger partial charge in [-0.05, 0) is 25.3 Å². The number of guanidine groups is 1. The number of rotatable bonds is 8. The molecule has 0 saturated heterocycles. The fraction of sp³-hybridized carbons (Fsp3) is 0.632. The zero-order valence-corrected chi connectivity index (χ0v) is 18.0. The highest BCUT2D eigenvalue weighted by Crippen LogP contribution is 2.31. The number of aliphatic imine (C=N–C) groups is 1. The Morgan fingerprint density at radius 1 is 1.20 bits per heavy atom. The fourth-order valence-corrected chi connectivity index (χ4v) is 3.45. The van der Waals surface area contributed by atoms with Gasteiger partial charge in [-0.3, -0.25) is 4.99 Å². The lowest BCUT2D eigenvalue weighted by Crippen LogP contribution is -2.54. The molecule has 1 unspecified atom stereocenters. The van der Waals surface area contributed by atoms with E-state index in [-0.39, 0.29) is 29.5 Å². The molecule has 0 bridgehead atoms. The lowest BCUT2D eigenvalue weighted by Gasteiger charge is -2.35. The van der Waals surface area contributed by atoms with Crippen LogP contribution in [-0.4, -0.2) is 45.4 Å². The molecule has 0 aliphatic heterocycles. The van der Waals surface area contributed by atoms with Gasteiger partial charge in [-0.25, -0.2) is 0 Å². The highest BCUT2D eigenvalue weighted by atomic mass is 127. The molecule has 1 aromatic rings.